The van der Waals surface area contributed by atoms with E-state index >= 15 is 0 Å². The lowest BCUT2D eigenvalue weighted by molar-refractivity contribution is 0.246. The van der Waals surface area contributed by atoms with E-state index in [1.54, 1.807) is 38.1 Å². The molecule has 0 bridgehead atoms. The second kappa shape index (κ2) is 12.0. The molecule has 0 aliphatic heterocycles. The highest BCUT2D eigenvalue weighted by atomic mass is 32.2. The van der Waals surface area contributed by atoms with Crippen molar-refractivity contribution in [3.63, 3.8) is 0 Å². The Morgan fingerprint density at radius 3 is 2.00 bits per heavy atom. The summed E-state index contributed by atoms with van der Waals surface area (Å²) in [6, 6.07) is 15.4. The molecule has 194 valence electrons. The zero-order chi connectivity index (χ0) is 25.6. The SMILES string of the molecule is Cc1ccc(S(=O)(=O)NCCc2ccc(C3CCC(C(C)CNS(=O)(=O)C(C)C)CC3)cc2)cc1. The maximum absolute atomic E-state index is 12.4. The Morgan fingerprint density at radius 2 is 1.43 bits per heavy atom. The van der Waals surface area contributed by atoms with Crippen LogP contribution in [0.2, 0.25) is 0 Å². The summed E-state index contributed by atoms with van der Waals surface area (Å²) in [5.41, 5.74) is 3.47. The van der Waals surface area contributed by atoms with Crippen LogP contribution in [-0.4, -0.2) is 35.2 Å². The summed E-state index contributed by atoms with van der Waals surface area (Å²) in [7, 11) is -6.70. The quantitative estimate of drug-likeness (QED) is 0.447. The summed E-state index contributed by atoms with van der Waals surface area (Å²) in [6.45, 7) is 8.36. The summed E-state index contributed by atoms with van der Waals surface area (Å²) < 4.78 is 54.4. The molecule has 2 aromatic carbocycles. The van der Waals surface area contributed by atoms with Crippen LogP contribution in [0.5, 0.6) is 0 Å². The average molecular weight is 521 g/mol. The Morgan fingerprint density at radius 1 is 0.829 bits per heavy atom. The molecule has 1 saturated carbocycles. The van der Waals surface area contributed by atoms with Crippen molar-refractivity contribution in [2.75, 3.05) is 13.1 Å². The average Bonchev–Trinajstić information content (AvgIpc) is 2.83. The van der Waals surface area contributed by atoms with Crippen molar-refractivity contribution < 1.29 is 16.8 Å². The summed E-state index contributed by atoms with van der Waals surface area (Å²) in [6.07, 6.45) is 5.08. The molecule has 3 rings (SSSR count). The maximum atomic E-state index is 12.4. The number of rotatable bonds is 11. The van der Waals surface area contributed by atoms with Gasteiger partial charge in [-0.15, -0.1) is 0 Å². The Balaban J connectivity index is 1.44. The molecule has 35 heavy (non-hydrogen) atoms. The lowest BCUT2D eigenvalue weighted by atomic mass is 9.74. The fourth-order valence-electron chi connectivity index (χ4n) is 4.69. The maximum Gasteiger partial charge on any atom is 0.240 e. The predicted octanol–water partition coefficient (Wildman–Crippen LogP) is 4.75. The van der Waals surface area contributed by atoms with Crippen LogP contribution in [0, 0.1) is 18.8 Å². The van der Waals surface area contributed by atoms with Crippen molar-refractivity contribution in [2.45, 2.75) is 75.9 Å². The predicted molar refractivity (Wildman–Crippen MR) is 142 cm³/mol. The number of hydrogen-bond donors (Lipinski definition) is 2. The van der Waals surface area contributed by atoms with Crippen LogP contribution in [0.1, 0.15) is 69.1 Å². The first kappa shape index (κ1) is 27.8. The lowest BCUT2D eigenvalue weighted by Crippen LogP contribution is -2.36. The molecule has 1 unspecified atom stereocenters. The van der Waals surface area contributed by atoms with Crippen LogP contribution in [0.15, 0.2) is 53.4 Å². The van der Waals surface area contributed by atoms with Gasteiger partial charge < -0.3 is 0 Å². The third-order valence-corrected chi connectivity index (χ3v) is 10.6. The van der Waals surface area contributed by atoms with Gasteiger partial charge in [-0.25, -0.2) is 26.3 Å². The molecule has 0 heterocycles. The molecule has 1 aliphatic carbocycles. The van der Waals surface area contributed by atoms with Gasteiger partial charge in [0.05, 0.1) is 10.1 Å². The summed E-state index contributed by atoms with van der Waals surface area (Å²) in [5.74, 6) is 1.40. The normalized spacial score (nSPS) is 20.1. The van der Waals surface area contributed by atoms with Gasteiger partial charge in [0, 0.05) is 13.1 Å². The first-order valence-corrected chi connectivity index (χ1v) is 15.6. The van der Waals surface area contributed by atoms with E-state index in [0.717, 1.165) is 36.8 Å². The molecule has 0 spiro atoms. The third kappa shape index (κ3) is 7.87. The third-order valence-electron chi connectivity index (χ3n) is 7.29. The van der Waals surface area contributed by atoms with Gasteiger partial charge in [0.15, 0.2) is 0 Å². The van der Waals surface area contributed by atoms with E-state index in [1.165, 1.54) is 5.56 Å². The largest absolute Gasteiger partial charge is 0.240 e. The molecule has 2 N–H and O–H groups in total. The number of nitrogens with one attached hydrogen (secondary N) is 2. The van der Waals surface area contributed by atoms with E-state index in [9.17, 15) is 16.8 Å². The molecule has 0 aromatic heterocycles. The fourth-order valence-corrected chi connectivity index (χ4v) is 6.55. The molecule has 1 fully saturated rings. The standard InChI is InChI=1S/C27H40N2O4S2/c1-20(2)34(30,31)29-19-22(4)24-11-13-26(14-12-24)25-9-7-23(8-10-25)17-18-28-35(32,33)27-15-5-21(3)6-16-27/h5-10,15-16,20,22,24,26,28-29H,11-14,17-19H2,1-4H3. The lowest BCUT2D eigenvalue weighted by Gasteiger charge is -2.32. The second-order valence-electron chi connectivity index (χ2n) is 10.2. The number of aryl methyl sites for hydroxylation is 1. The Labute approximate surface area is 212 Å². The number of hydrogen-bond acceptors (Lipinski definition) is 4. The molecule has 1 atom stereocenters. The van der Waals surface area contributed by atoms with Gasteiger partial charge in [0.2, 0.25) is 20.0 Å². The van der Waals surface area contributed by atoms with E-state index in [-0.39, 0.29) is 0 Å². The van der Waals surface area contributed by atoms with Crippen molar-refractivity contribution in [2.24, 2.45) is 11.8 Å². The number of benzene rings is 2. The highest BCUT2D eigenvalue weighted by molar-refractivity contribution is 7.90. The molecule has 8 heteroatoms. The van der Waals surface area contributed by atoms with Crippen LogP contribution in [-0.2, 0) is 26.5 Å². The zero-order valence-electron chi connectivity index (χ0n) is 21.3. The molecule has 1 aliphatic rings. The molecular weight excluding hydrogens is 480 g/mol. The molecule has 6 nitrogen and oxygen atoms in total. The smallest absolute Gasteiger partial charge is 0.215 e. The molecule has 0 radical (unpaired) electrons. The van der Waals surface area contributed by atoms with Crippen LogP contribution in [0.4, 0.5) is 0 Å². The van der Waals surface area contributed by atoms with Crippen molar-refractivity contribution >= 4 is 20.0 Å². The highest BCUT2D eigenvalue weighted by Gasteiger charge is 2.27. The summed E-state index contributed by atoms with van der Waals surface area (Å²) in [4.78, 5) is 0.292. The highest BCUT2D eigenvalue weighted by Crippen LogP contribution is 2.38. The van der Waals surface area contributed by atoms with E-state index in [4.69, 9.17) is 0 Å². The summed E-state index contributed by atoms with van der Waals surface area (Å²) in [5, 5.41) is -0.401. The molecule has 2 aromatic rings. The van der Waals surface area contributed by atoms with Gasteiger partial charge in [-0.1, -0.05) is 48.9 Å². The van der Waals surface area contributed by atoms with Gasteiger partial charge in [-0.3, -0.25) is 0 Å². The second-order valence-corrected chi connectivity index (χ2v) is 14.3. The van der Waals surface area contributed by atoms with Crippen molar-refractivity contribution in [3.05, 3.63) is 65.2 Å². The summed E-state index contributed by atoms with van der Waals surface area (Å²) >= 11 is 0. The van der Waals surface area contributed by atoms with E-state index in [0.29, 0.717) is 42.2 Å². The van der Waals surface area contributed by atoms with Crippen LogP contribution in [0.3, 0.4) is 0 Å². The Bertz CT molecular complexity index is 1150. The van der Waals surface area contributed by atoms with E-state index in [2.05, 4.69) is 40.6 Å². The monoisotopic (exact) mass is 520 g/mol. The Kier molecular flexibility index (Phi) is 9.54. The molecule has 0 saturated heterocycles. The Hall–Kier alpha value is -1.74. The zero-order valence-corrected chi connectivity index (χ0v) is 23.0. The van der Waals surface area contributed by atoms with Gasteiger partial charge in [-0.05, 0) is 93.9 Å². The van der Waals surface area contributed by atoms with Gasteiger partial charge in [0.1, 0.15) is 0 Å². The van der Waals surface area contributed by atoms with Crippen molar-refractivity contribution in [1.82, 2.24) is 9.44 Å². The van der Waals surface area contributed by atoms with Crippen molar-refractivity contribution in [3.8, 4) is 0 Å². The first-order chi connectivity index (χ1) is 16.5. The van der Waals surface area contributed by atoms with Crippen LogP contribution >= 0.6 is 0 Å². The molecular formula is C27H40N2O4S2. The van der Waals surface area contributed by atoms with Crippen LogP contribution in [0.25, 0.3) is 0 Å². The van der Waals surface area contributed by atoms with E-state index < -0.39 is 25.3 Å². The topological polar surface area (TPSA) is 92.3 Å². The van der Waals surface area contributed by atoms with Crippen molar-refractivity contribution in [1.29, 1.82) is 0 Å². The minimum absolute atomic E-state index is 0.292. The van der Waals surface area contributed by atoms with Gasteiger partial charge in [0.25, 0.3) is 0 Å². The first-order valence-electron chi connectivity index (χ1n) is 12.6. The minimum Gasteiger partial charge on any atom is -0.215 e. The molecule has 0 amide bonds. The fraction of sp³-hybridized carbons (Fsp3) is 0.556. The van der Waals surface area contributed by atoms with Gasteiger partial charge in [-0.2, -0.15) is 0 Å². The minimum atomic E-state index is -3.49. The van der Waals surface area contributed by atoms with E-state index in [1.807, 2.05) is 6.92 Å². The number of sulfonamides is 2. The van der Waals surface area contributed by atoms with Gasteiger partial charge >= 0.3 is 0 Å². The van der Waals surface area contributed by atoms with Crippen LogP contribution < -0.4 is 9.44 Å².